The molecule has 0 bridgehead atoms. The molecule has 1 aromatic carbocycles. The SMILES string of the molecule is CCOc1cc(CN(C)CC(=O)O)ccc1OC(F)F. The van der Waals surface area contributed by atoms with Crippen LogP contribution in [-0.4, -0.2) is 42.8 Å². The molecule has 0 atom stereocenters. The van der Waals surface area contributed by atoms with Crippen molar-refractivity contribution in [3.63, 3.8) is 0 Å². The molecule has 0 fully saturated rings. The lowest BCUT2D eigenvalue weighted by Crippen LogP contribution is -2.25. The first-order chi connectivity index (χ1) is 9.42. The molecule has 1 rings (SSSR count). The van der Waals surface area contributed by atoms with Crippen molar-refractivity contribution >= 4 is 5.97 Å². The fraction of sp³-hybridized carbons (Fsp3) is 0.462. The summed E-state index contributed by atoms with van der Waals surface area (Å²) in [6.07, 6.45) is 0. The summed E-state index contributed by atoms with van der Waals surface area (Å²) in [6, 6.07) is 4.55. The highest BCUT2D eigenvalue weighted by molar-refractivity contribution is 5.69. The Kier molecular flexibility index (Phi) is 6.17. The van der Waals surface area contributed by atoms with Crippen LogP contribution < -0.4 is 9.47 Å². The van der Waals surface area contributed by atoms with Crippen molar-refractivity contribution < 1.29 is 28.2 Å². The zero-order valence-electron chi connectivity index (χ0n) is 11.3. The highest BCUT2D eigenvalue weighted by Crippen LogP contribution is 2.30. The third-order valence-corrected chi connectivity index (χ3v) is 2.38. The molecule has 0 radical (unpaired) electrons. The molecule has 0 amide bonds. The van der Waals surface area contributed by atoms with Crippen molar-refractivity contribution in [2.75, 3.05) is 20.2 Å². The van der Waals surface area contributed by atoms with Crippen molar-refractivity contribution in [3.05, 3.63) is 23.8 Å². The van der Waals surface area contributed by atoms with Gasteiger partial charge in [0.2, 0.25) is 0 Å². The Morgan fingerprint density at radius 3 is 2.65 bits per heavy atom. The lowest BCUT2D eigenvalue weighted by atomic mass is 10.2. The summed E-state index contributed by atoms with van der Waals surface area (Å²) in [5, 5.41) is 8.67. The first-order valence-corrected chi connectivity index (χ1v) is 6.03. The smallest absolute Gasteiger partial charge is 0.387 e. The minimum Gasteiger partial charge on any atom is -0.490 e. The third kappa shape index (κ3) is 5.40. The van der Waals surface area contributed by atoms with Crippen molar-refractivity contribution in [2.45, 2.75) is 20.1 Å². The topological polar surface area (TPSA) is 59.0 Å². The van der Waals surface area contributed by atoms with Gasteiger partial charge in [0.25, 0.3) is 0 Å². The van der Waals surface area contributed by atoms with E-state index in [1.807, 2.05) is 0 Å². The normalized spacial score (nSPS) is 10.9. The summed E-state index contributed by atoms with van der Waals surface area (Å²) in [4.78, 5) is 12.2. The van der Waals surface area contributed by atoms with Gasteiger partial charge in [-0.25, -0.2) is 0 Å². The van der Waals surface area contributed by atoms with Gasteiger partial charge in [0.1, 0.15) is 0 Å². The quantitative estimate of drug-likeness (QED) is 0.795. The second-order valence-corrected chi connectivity index (χ2v) is 4.16. The molecule has 0 spiro atoms. The fourth-order valence-corrected chi connectivity index (χ4v) is 1.71. The minimum atomic E-state index is -2.92. The maximum absolute atomic E-state index is 12.2. The van der Waals surface area contributed by atoms with Crippen LogP contribution in [0.25, 0.3) is 0 Å². The molecule has 1 aromatic rings. The molecule has 112 valence electrons. The molecule has 0 saturated carbocycles. The van der Waals surface area contributed by atoms with E-state index in [1.165, 1.54) is 6.07 Å². The predicted molar refractivity (Wildman–Crippen MR) is 68.2 cm³/mol. The number of nitrogens with zero attached hydrogens (tertiary/aromatic N) is 1. The van der Waals surface area contributed by atoms with Gasteiger partial charge < -0.3 is 14.6 Å². The number of carbonyl (C=O) groups is 1. The van der Waals surface area contributed by atoms with E-state index < -0.39 is 12.6 Å². The van der Waals surface area contributed by atoms with Crippen LogP contribution in [0.2, 0.25) is 0 Å². The van der Waals surface area contributed by atoms with Crippen LogP contribution >= 0.6 is 0 Å². The van der Waals surface area contributed by atoms with Gasteiger partial charge in [-0.1, -0.05) is 6.07 Å². The van der Waals surface area contributed by atoms with Gasteiger partial charge in [0.15, 0.2) is 11.5 Å². The predicted octanol–water partition coefficient (Wildman–Crippen LogP) is 2.20. The average Bonchev–Trinajstić information content (AvgIpc) is 2.31. The van der Waals surface area contributed by atoms with Crippen LogP contribution in [0.1, 0.15) is 12.5 Å². The number of rotatable bonds is 8. The van der Waals surface area contributed by atoms with Crippen LogP contribution in [0.3, 0.4) is 0 Å². The summed E-state index contributed by atoms with van der Waals surface area (Å²) >= 11 is 0. The maximum atomic E-state index is 12.2. The van der Waals surface area contributed by atoms with Gasteiger partial charge in [-0.2, -0.15) is 8.78 Å². The van der Waals surface area contributed by atoms with Gasteiger partial charge in [-0.3, -0.25) is 9.69 Å². The molecule has 5 nitrogen and oxygen atoms in total. The molecule has 0 aliphatic carbocycles. The Bertz CT molecular complexity index is 454. The zero-order valence-corrected chi connectivity index (χ0v) is 11.3. The number of aliphatic carboxylic acids is 1. The van der Waals surface area contributed by atoms with Crippen LogP contribution in [0.15, 0.2) is 18.2 Å². The first kappa shape index (κ1) is 16.2. The Morgan fingerprint density at radius 2 is 2.10 bits per heavy atom. The Labute approximate surface area is 115 Å². The van der Waals surface area contributed by atoms with Gasteiger partial charge >= 0.3 is 12.6 Å². The summed E-state index contributed by atoms with van der Waals surface area (Å²) in [6.45, 7) is -0.626. The number of hydrogen-bond donors (Lipinski definition) is 1. The van der Waals surface area contributed by atoms with E-state index in [1.54, 1.807) is 31.0 Å². The number of likely N-dealkylation sites (N-methyl/N-ethyl adjacent to an activating group) is 1. The van der Waals surface area contributed by atoms with E-state index in [0.29, 0.717) is 13.2 Å². The van der Waals surface area contributed by atoms with Crippen molar-refractivity contribution in [2.24, 2.45) is 0 Å². The summed E-state index contributed by atoms with van der Waals surface area (Å²) < 4.78 is 34.1. The molecule has 0 aromatic heterocycles. The lowest BCUT2D eigenvalue weighted by Gasteiger charge is -2.16. The zero-order chi connectivity index (χ0) is 15.1. The lowest BCUT2D eigenvalue weighted by molar-refractivity contribution is -0.138. The van der Waals surface area contributed by atoms with Crippen LogP contribution in [0.5, 0.6) is 11.5 Å². The van der Waals surface area contributed by atoms with E-state index >= 15 is 0 Å². The number of ether oxygens (including phenoxy) is 2. The molecule has 0 aliphatic heterocycles. The Hall–Kier alpha value is -1.89. The highest BCUT2D eigenvalue weighted by Gasteiger charge is 2.13. The number of carboxylic acids is 1. The monoisotopic (exact) mass is 289 g/mol. The van der Waals surface area contributed by atoms with E-state index in [2.05, 4.69) is 4.74 Å². The molecule has 0 saturated heterocycles. The molecular formula is C13H17F2NO4. The molecule has 0 aliphatic rings. The van der Waals surface area contributed by atoms with Crippen molar-refractivity contribution in [1.29, 1.82) is 0 Å². The first-order valence-electron chi connectivity index (χ1n) is 6.03. The molecule has 7 heteroatoms. The summed E-state index contributed by atoms with van der Waals surface area (Å²) in [5.41, 5.74) is 0.749. The van der Waals surface area contributed by atoms with Crippen molar-refractivity contribution in [3.8, 4) is 11.5 Å². The van der Waals surface area contributed by atoms with Gasteiger partial charge in [0.05, 0.1) is 13.2 Å². The number of alkyl halides is 2. The standard InChI is InChI=1S/C13H17F2NO4/c1-3-19-11-6-9(7-16(2)8-12(17)18)4-5-10(11)20-13(14)15/h4-6,13H,3,7-8H2,1-2H3,(H,17,18). The second-order valence-electron chi connectivity index (χ2n) is 4.16. The largest absolute Gasteiger partial charge is 0.490 e. The van der Waals surface area contributed by atoms with E-state index in [9.17, 15) is 13.6 Å². The molecule has 0 heterocycles. The van der Waals surface area contributed by atoms with Crippen LogP contribution in [-0.2, 0) is 11.3 Å². The van der Waals surface area contributed by atoms with Gasteiger partial charge in [-0.05, 0) is 31.7 Å². The number of carboxylic acid groups (broad SMARTS) is 1. The highest BCUT2D eigenvalue weighted by atomic mass is 19.3. The Morgan fingerprint density at radius 1 is 1.40 bits per heavy atom. The Balaban J connectivity index is 2.83. The van der Waals surface area contributed by atoms with Crippen molar-refractivity contribution in [1.82, 2.24) is 4.90 Å². The summed E-state index contributed by atoms with van der Waals surface area (Å²) in [5.74, 6) is -0.754. The molecule has 1 N–H and O–H groups in total. The third-order valence-electron chi connectivity index (χ3n) is 2.38. The number of benzene rings is 1. The fourth-order valence-electron chi connectivity index (χ4n) is 1.71. The average molecular weight is 289 g/mol. The molecule has 0 unspecified atom stereocenters. The van der Waals surface area contributed by atoms with E-state index in [0.717, 1.165) is 5.56 Å². The molecule has 20 heavy (non-hydrogen) atoms. The van der Waals surface area contributed by atoms with Gasteiger partial charge in [0, 0.05) is 6.54 Å². The second kappa shape index (κ2) is 7.64. The minimum absolute atomic E-state index is 0.0357. The van der Waals surface area contributed by atoms with E-state index in [4.69, 9.17) is 9.84 Å². The van der Waals surface area contributed by atoms with Gasteiger partial charge in [-0.15, -0.1) is 0 Å². The van der Waals surface area contributed by atoms with Crippen LogP contribution in [0, 0.1) is 0 Å². The number of hydrogen-bond acceptors (Lipinski definition) is 4. The van der Waals surface area contributed by atoms with E-state index in [-0.39, 0.29) is 18.0 Å². The maximum Gasteiger partial charge on any atom is 0.387 e. The number of halogens is 2. The molecular weight excluding hydrogens is 272 g/mol. The van der Waals surface area contributed by atoms with Crippen LogP contribution in [0.4, 0.5) is 8.78 Å². The summed E-state index contributed by atoms with van der Waals surface area (Å²) in [7, 11) is 1.65.